The minimum Gasteiger partial charge on any atom is -0.445 e. The van der Waals surface area contributed by atoms with E-state index in [0.29, 0.717) is 35.5 Å². The lowest BCUT2D eigenvalue weighted by Crippen LogP contribution is -2.46. The van der Waals surface area contributed by atoms with Gasteiger partial charge in [0, 0.05) is 11.3 Å². The molecule has 1 fully saturated rings. The molecule has 3 aromatic rings. The van der Waals surface area contributed by atoms with E-state index in [4.69, 9.17) is 10.5 Å². The molecule has 0 bridgehead atoms. The molecule has 1 aliphatic rings. The van der Waals surface area contributed by atoms with Crippen LogP contribution in [0.3, 0.4) is 0 Å². The molecule has 1 saturated carbocycles. The Hall–Kier alpha value is -4.33. The zero-order chi connectivity index (χ0) is 23.3. The first-order valence-corrected chi connectivity index (χ1v) is 10.5. The molecule has 3 aromatic carbocycles. The monoisotopic (exact) mass is 444 g/mol. The summed E-state index contributed by atoms with van der Waals surface area (Å²) in [5, 5.41) is 8.21. The van der Waals surface area contributed by atoms with Gasteiger partial charge in [0.05, 0.1) is 11.4 Å². The molecular weight excluding hydrogens is 420 g/mol. The molecule has 0 heterocycles. The molecule has 4 rings (SSSR count). The van der Waals surface area contributed by atoms with E-state index < -0.39 is 11.6 Å². The number of anilines is 3. The van der Waals surface area contributed by atoms with Crippen molar-refractivity contribution in [2.75, 3.05) is 16.4 Å². The average Bonchev–Trinajstić information content (AvgIpc) is 3.61. The lowest BCUT2D eigenvalue weighted by atomic mass is 10.1. The fraction of sp³-hybridized carbons (Fsp3) is 0.160. The summed E-state index contributed by atoms with van der Waals surface area (Å²) >= 11 is 0. The average molecular weight is 444 g/mol. The minimum absolute atomic E-state index is 0.128. The van der Waals surface area contributed by atoms with E-state index in [0.717, 1.165) is 5.56 Å². The Morgan fingerprint density at radius 2 is 1.52 bits per heavy atom. The van der Waals surface area contributed by atoms with Crippen LogP contribution in [0, 0.1) is 0 Å². The van der Waals surface area contributed by atoms with Crippen molar-refractivity contribution in [2.24, 2.45) is 0 Å². The van der Waals surface area contributed by atoms with Crippen molar-refractivity contribution < 1.29 is 19.1 Å². The molecule has 0 aromatic heterocycles. The highest BCUT2D eigenvalue weighted by molar-refractivity contribution is 6.06. The smallest absolute Gasteiger partial charge is 0.408 e. The Kier molecular flexibility index (Phi) is 6.26. The summed E-state index contributed by atoms with van der Waals surface area (Å²) in [4.78, 5) is 37.3. The van der Waals surface area contributed by atoms with Crippen molar-refractivity contribution in [2.45, 2.75) is 25.0 Å². The molecule has 168 valence electrons. The third-order valence-electron chi connectivity index (χ3n) is 5.35. The largest absolute Gasteiger partial charge is 0.445 e. The number of benzene rings is 3. The topological polar surface area (TPSA) is 123 Å². The van der Waals surface area contributed by atoms with Crippen LogP contribution in [-0.4, -0.2) is 23.4 Å². The van der Waals surface area contributed by atoms with Gasteiger partial charge >= 0.3 is 6.09 Å². The van der Waals surface area contributed by atoms with Crippen molar-refractivity contribution in [3.63, 3.8) is 0 Å². The van der Waals surface area contributed by atoms with Gasteiger partial charge in [0.1, 0.15) is 12.1 Å². The lowest BCUT2D eigenvalue weighted by molar-refractivity contribution is -0.119. The van der Waals surface area contributed by atoms with Crippen LogP contribution in [0.4, 0.5) is 21.9 Å². The third-order valence-corrected chi connectivity index (χ3v) is 5.35. The molecule has 0 saturated heterocycles. The van der Waals surface area contributed by atoms with Gasteiger partial charge < -0.3 is 26.4 Å². The maximum Gasteiger partial charge on any atom is 0.408 e. The number of nitrogen functional groups attached to an aromatic ring is 1. The highest BCUT2D eigenvalue weighted by atomic mass is 16.5. The predicted molar refractivity (Wildman–Crippen MR) is 126 cm³/mol. The van der Waals surface area contributed by atoms with Gasteiger partial charge in [-0.3, -0.25) is 9.59 Å². The minimum atomic E-state index is -0.978. The number of hydrogen-bond donors (Lipinski definition) is 4. The fourth-order valence-electron chi connectivity index (χ4n) is 3.25. The Balaban J connectivity index is 1.30. The second kappa shape index (κ2) is 9.44. The zero-order valence-electron chi connectivity index (χ0n) is 17.8. The van der Waals surface area contributed by atoms with Crippen LogP contribution >= 0.6 is 0 Å². The van der Waals surface area contributed by atoms with Crippen LogP contribution in [0.2, 0.25) is 0 Å². The van der Waals surface area contributed by atoms with Crippen LogP contribution < -0.4 is 21.7 Å². The molecule has 0 atom stereocenters. The zero-order valence-corrected chi connectivity index (χ0v) is 17.8. The van der Waals surface area contributed by atoms with Crippen LogP contribution in [0.5, 0.6) is 0 Å². The first kappa shape index (κ1) is 21.9. The summed E-state index contributed by atoms with van der Waals surface area (Å²) < 4.78 is 5.22. The second-order valence-electron chi connectivity index (χ2n) is 7.84. The maximum absolute atomic E-state index is 12.7. The molecule has 0 aliphatic heterocycles. The summed E-state index contributed by atoms with van der Waals surface area (Å²) in [6.07, 6.45) is 0.412. The Labute approximate surface area is 191 Å². The third kappa shape index (κ3) is 5.48. The number of rotatable bonds is 7. The predicted octanol–water partition coefficient (Wildman–Crippen LogP) is 3.92. The second-order valence-corrected chi connectivity index (χ2v) is 7.84. The number of carbonyl (C=O) groups is 3. The molecule has 0 unspecified atom stereocenters. The number of nitrogens with one attached hydrogen (secondary N) is 3. The van der Waals surface area contributed by atoms with E-state index in [-0.39, 0.29) is 18.4 Å². The number of amides is 3. The molecule has 8 heteroatoms. The van der Waals surface area contributed by atoms with Gasteiger partial charge in [-0.2, -0.15) is 0 Å². The molecule has 0 radical (unpaired) electrons. The van der Waals surface area contributed by atoms with E-state index in [2.05, 4.69) is 16.0 Å². The fourth-order valence-corrected chi connectivity index (χ4v) is 3.25. The summed E-state index contributed by atoms with van der Waals surface area (Å²) in [7, 11) is 0. The van der Waals surface area contributed by atoms with E-state index in [1.165, 1.54) is 0 Å². The molecule has 3 amide bonds. The summed E-state index contributed by atoms with van der Waals surface area (Å²) in [6.45, 7) is 0.128. The van der Waals surface area contributed by atoms with Crippen LogP contribution in [0.25, 0.3) is 0 Å². The van der Waals surface area contributed by atoms with E-state index in [9.17, 15) is 14.4 Å². The van der Waals surface area contributed by atoms with Gasteiger partial charge in [0.2, 0.25) is 5.91 Å². The summed E-state index contributed by atoms with van der Waals surface area (Å²) in [6, 6.07) is 22.8. The van der Waals surface area contributed by atoms with Gasteiger partial charge in [0.25, 0.3) is 5.91 Å². The molecule has 0 spiro atoms. The number of ether oxygens (including phenoxy) is 1. The maximum atomic E-state index is 12.7. The molecule has 33 heavy (non-hydrogen) atoms. The Bertz CT molecular complexity index is 1160. The SMILES string of the molecule is Nc1ccccc1NC(=O)c1ccc(NC(=O)C2(NC(=O)OCc3ccccc3)CC2)cc1. The number of para-hydroxylation sites is 2. The van der Waals surface area contributed by atoms with Gasteiger partial charge in [-0.05, 0) is 54.8 Å². The first-order chi connectivity index (χ1) is 15.9. The number of carbonyl (C=O) groups excluding carboxylic acids is 3. The van der Waals surface area contributed by atoms with Gasteiger partial charge in [-0.1, -0.05) is 42.5 Å². The van der Waals surface area contributed by atoms with E-state index >= 15 is 0 Å². The van der Waals surface area contributed by atoms with Crippen molar-refractivity contribution in [1.29, 1.82) is 0 Å². The van der Waals surface area contributed by atoms with E-state index in [1.54, 1.807) is 48.5 Å². The number of hydrogen-bond acceptors (Lipinski definition) is 5. The normalized spacial score (nSPS) is 13.5. The molecular formula is C25H24N4O4. The van der Waals surface area contributed by atoms with Crippen molar-refractivity contribution in [3.05, 3.63) is 90.0 Å². The Morgan fingerprint density at radius 3 is 2.18 bits per heavy atom. The van der Waals surface area contributed by atoms with Gasteiger partial charge in [0.15, 0.2) is 0 Å². The van der Waals surface area contributed by atoms with Crippen LogP contribution in [0.15, 0.2) is 78.9 Å². The van der Waals surface area contributed by atoms with Gasteiger partial charge in [-0.25, -0.2) is 4.79 Å². The number of alkyl carbamates (subject to hydrolysis) is 1. The molecule has 8 nitrogen and oxygen atoms in total. The van der Waals surface area contributed by atoms with Crippen molar-refractivity contribution in [3.8, 4) is 0 Å². The van der Waals surface area contributed by atoms with E-state index in [1.807, 2.05) is 30.3 Å². The standard InChI is InChI=1S/C25H24N4O4/c26-20-8-4-5-9-21(20)28-22(30)18-10-12-19(13-11-18)27-23(31)25(14-15-25)29-24(32)33-16-17-6-2-1-3-7-17/h1-13H,14-16,26H2,(H,27,31)(H,28,30)(H,29,32). The number of nitrogens with two attached hydrogens (primary N) is 1. The highest BCUT2D eigenvalue weighted by Crippen LogP contribution is 2.36. The highest BCUT2D eigenvalue weighted by Gasteiger charge is 2.51. The first-order valence-electron chi connectivity index (χ1n) is 10.5. The quantitative estimate of drug-likeness (QED) is 0.412. The molecule has 5 N–H and O–H groups in total. The van der Waals surface area contributed by atoms with Crippen LogP contribution in [0.1, 0.15) is 28.8 Å². The molecule has 1 aliphatic carbocycles. The lowest BCUT2D eigenvalue weighted by Gasteiger charge is -2.17. The van der Waals surface area contributed by atoms with Gasteiger partial charge in [-0.15, -0.1) is 0 Å². The Morgan fingerprint density at radius 1 is 0.848 bits per heavy atom. The van der Waals surface area contributed by atoms with Crippen molar-refractivity contribution >= 4 is 35.0 Å². The summed E-state index contributed by atoms with van der Waals surface area (Å²) in [5.74, 6) is -0.638. The van der Waals surface area contributed by atoms with Crippen LogP contribution in [-0.2, 0) is 16.1 Å². The van der Waals surface area contributed by atoms with Crippen molar-refractivity contribution in [1.82, 2.24) is 5.32 Å². The summed E-state index contributed by atoms with van der Waals surface area (Å²) in [5.41, 5.74) is 7.67.